The predicted molar refractivity (Wildman–Crippen MR) is 82.7 cm³/mol. The van der Waals surface area contributed by atoms with Gasteiger partial charge in [0.25, 0.3) is 0 Å². The lowest BCUT2D eigenvalue weighted by atomic mass is 9.87. The van der Waals surface area contributed by atoms with Crippen molar-refractivity contribution in [2.45, 2.75) is 71.0 Å². The van der Waals surface area contributed by atoms with Gasteiger partial charge in [-0.1, -0.05) is 6.92 Å². The normalized spacial score (nSPS) is 25.3. The molecule has 1 aliphatic carbocycles. The summed E-state index contributed by atoms with van der Waals surface area (Å²) < 4.78 is 5.17. The van der Waals surface area contributed by atoms with E-state index in [1.807, 2.05) is 0 Å². The summed E-state index contributed by atoms with van der Waals surface area (Å²) in [5, 5.41) is 0. The maximum absolute atomic E-state index is 5.17. The zero-order valence-electron chi connectivity index (χ0n) is 13.9. The van der Waals surface area contributed by atoms with Crippen LogP contribution in [0.2, 0.25) is 0 Å². The second-order valence-electron chi connectivity index (χ2n) is 6.89. The maximum Gasteiger partial charge on any atom is 0.0589 e. The van der Waals surface area contributed by atoms with E-state index in [9.17, 15) is 0 Å². The fraction of sp³-hybridized carbons (Fsp3) is 1.00. The lowest BCUT2D eigenvalue weighted by molar-refractivity contribution is 0.0425. The van der Waals surface area contributed by atoms with Gasteiger partial charge in [-0.15, -0.1) is 0 Å². The molecule has 3 nitrogen and oxygen atoms in total. The standard InChI is InChI=1S/C16H34N2O/c1-7-18(16(2,3)4)15-10-8-14(9-11-15)17(5)12-13-19-6/h14-15H,7-13H2,1-6H3. The molecule has 0 unspecified atom stereocenters. The van der Waals surface area contributed by atoms with E-state index in [1.54, 1.807) is 7.11 Å². The number of hydrogen-bond donors (Lipinski definition) is 0. The van der Waals surface area contributed by atoms with E-state index in [0.29, 0.717) is 5.54 Å². The Morgan fingerprint density at radius 1 is 1.05 bits per heavy atom. The molecule has 0 amide bonds. The molecule has 0 aromatic carbocycles. The van der Waals surface area contributed by atoms with Crippen LogP contribution in [-0.2, 0) is 4.74 Å². The van der Waals surface area contributed by atoms with Crippen LogP contribution >= 0.6 is 0 Å². The van der Waals surface area contributed by atoms with Gasteiger partial charge >= 0.3 is 0 Å². The topological polar surface area (TPSA) is 15.7 Å². The van der Waals surface area contributed by atoms with Crippen molar-refractivity contribution in [3.8, 4) is 0 Å². The largest absolute Gasteiger partial charge is 0.383 e. The van der Waals surface area contributed by atoms with E-state index >= 15 is 0 Å². The first-order valence-corrected chi connectivity index (χ1v) is 7.86. The fourth-order valence-corrected chi connectivity index (χ4v) is 3.51. The molecule has 0 atom stereocenters. The predicted octanol–water partition coefficient (Wildman–Crippen LogP) is 3.00. The van der Waals surface area contributed by atoms with Crippen molar-refractivity contribution < 1.29 is 4.74 Å². The van der Waals surface area contributed by atoms with Crippen molar-refractivity contribution in [3.05, 3.63) is 0 Å². The summed E-state index contributed by atoms with van der Waals surface area (Å²) >= 11 is 0. The van der Waals surface area contributed by atoms with Crippen LogP contribution in [0.3, 0.4) is 0 Å². The van der Waals surface area contributed by atoms with Crippen molar-refractivity contribution in [1.82, 2.24) is 9.80 Å². The molecule has 3 heteroatoms. The molecule has 0 radical (unpaired) electrons. The van der Waals surface area contributed by atoms with E-state index in [1.165, 1.54) is 32.2 Å². The number of hydrogen-bond acceptors (Lipinski definition) is 3. The highest BCUT2D eigenvalue weighted by Crippen LogP contribution is 2.29. The van der Waals surface area contributed by atoms with E-state index in [0.717, 1.165) is 25.2 Å². The molecule has 1 fully saturated rings. The van der Waals surface area contributed by atoms with Gasteiger partial charge < -0.3 is 9.64 Å². The summed E-state index contributed by atoms with van der Waals surface area (Å²) in [6.45, 7) is 12.4. The number of methoxy groups -OCH3 is 1. The zero-order valence-corrected chi connectivity index (χ0v) is 13.9. The number of ether oxygens (including phenoxy) is 1. The van der Waals surface area contributed by atoms with E-state index in [4.69, 9.17) is 4.74 Å². The van der Waals surface area contributed by atoms with Crippen molar-refractivity contribution in [2.75, 3.05) is 33.9 Å². The Morgan fingerprint density at radius 3 is 2.00 bits per heavy atom. The minimum absolute atomic E-state index is 0.300. The SMILES string of the molecule is CCN(C1CCC(N(C)CCOC)CC1)C(C)(C)C. The molecule has 0 bridgehead atoms. The molecule has 114 valence electrons. The molecule has 0 aromatic rings. The van der Waals surface area contributed by atoms with Crippen LogP contribution in [0, 0.1) is 0 Å². The molecule has 1 aliphatic rings. The van der Waals surface area contributed by atoms with Gasteiger partial charge in [-0.05, 0) is 60.0 Å². The maximum atomic E-state index is 5.17. The molecule has 1 rings (SSSR count). The van der Waals surface area contributed by atoms with Gasteiger partial charge in [-0.3, -0.25) is 4.90 Å². The van der Waals surface area contributed by atoms with Crippen LogP contribution in [0.15, 0.2) is 0 Å². The summed E-state index contributed by atoms with van der Waals surface area (Å²) in [6, 6.07) is 1.53. The molecule has 0 aromatic heterocycles. The van der Waals surface area contributed by atoms with Gasteiger partial charge in [-0.2, -0.15) is 0 Å². The van der Waals surface area contributed by atoms with E-state index in [2.05, 4.69) is 44.5 Å². The van der Waals surface area contributed by atoms with Gasteiger partial charge in [0, 0.05) is 31.3 Å². The van der Waals surface area contributed by atoms with Crippen molar-refractivity contribution >= 4 is 0 Å². The van der Waals surface area contributed by atoms with Crippen LogP contribution in [0.1, 0.15) is 53.4 Å². The Hall–Kier alpha value is -0.120. The Labute approximate surface area is 120 Å². The highest BCUT2D eigenvalue weighted by Gasteiger charge is 2.31. The van der Waals surface area contributed by atoms with E-state index < -0.39 is 0 Å². The molecule has 0 heterocycles. The van der Waals surface area contributed by atoms with Crippen molar-refractivity contribution in [3.63, 3.8) is 0 Å². The smallest absolute Gasteiger partial charge is 0.0589 e. The minimum atomic E-state index is 0.300. The van der Waals surface area contributed by atoms with Gasteiger partial charge in [0.1, 0.15) is 0 Å². The first-order valence-electron chi connectivity index (χ1n) is 7.86. The molecule has 19 heavy (non-hydrogen) atoms. The summed E-state index contributed by atoms with van der Waals surface area (Å²) in [5.74, 6) is 0. The Morgan fingerprint density at radius 2 is 1.58 bits per heavy atom. The summed E-state index contributed by atoms with van der Waals surface area (Å²) in [6.07, 6.45) is 5.34. The average molecular weight is 270 g/mol. The lowest BCUT2D eigenvalue weighted by Gasteiger charge is -2.45. The minimum Gasteiger partial charge on any atom is -0.383 e. The molecule has 0 N–H and O–H groups in total. The monoisotopic (exact) mass is 270 g/mol. The lowest BCUT2D eigenvalue weighted by Crippen LogP contribution is -2.50. The molecular formula is C16H34N2O. The third-order valence-corrected chi connectivity index (χ3v) is 4.58. The van der Waals surface area contributed by atoms with Crippen molar-refractivity contribution in [2.24, 2.45) is 0 Å². The second-order valence-corrected chi connectivity index (χ2v) is 6.89. The molecule has 0 spiro atoms. The highest BCUT2D eigenvalue weighted by molar-refractivity contribution is 4.88. The van der Waals surface area contributed by atoms with Crippen LogP contribution in [0.4, 0.5) is 0 Å². The van der Waals surface area contributed by atoms with E-state index in [-0.39, 0.29) is 0 Å². The third kappa shape index (κ3) is 5.05. The van der Waals surface area contributed by atoms with Gasteiger partial charge in [0.05, 0.1) is 6.61 Å². The van der Waals surface area contributed by atoms with Gasteiger partial charge in [-0.25, -0.2) is 0 Å². The highest BCUT2D eigenvalue weighted by atomic mass is 16.5. The van der Waals surface area contributed by atoms with Crippen LogP contribution < -0.4 is 0 Å². The molecule has 0 aliphatic heterocycles. The van der Waals surface area contributed by atoms with Crippen LogP contribution in [0.25, 0.3) is 0 Å². The van der Waals surface area contributed by atoms with Crippen LogP contribution in [0.5, 0.6) is 0 Å². The fourth-order valence-electron chi connectivity index (χ4n) is 3.51. The summed E-state index contributed by atoms with van der Waals surface area (Å²) in [5.41, 5.74) is 0.300. The quantitative estimate of drug-likeness (QED) is 0.738. The summed E-state index contributed by atoms with van der Waals surface area (Å²) in [4.78, 5) is 5.16. The van der Waals surface area contributed by atoms with Gasteiger partial charge in [0.15, 0.2) is 0 Å². The number of rotatable bonds is 6. The molecular weight excluding hydrogens is 236 g/mol. The zero-order chi connectivity index (χ0) is 14.5. The van der Waals surface area contributed by atoms with Gasteiger partial charge in [0.2, 0.25) is 0 Å². The number of nitrogens with zero attached hydrogens (tertiary/aromatic N) is 2. The second kappa shape index (κ2) is 7.61. The summed E-state index contributed by atoms with van der Waals surface area (Å²) in [7, 11) is 4.03. The first-order chi connectivity index (χ1) is 8.90. The number of likely N-dealkylation sites (N-methyl/N-ethyl adjacent to an activating group) is 1. The Balaban J connectivity index is 2.43. The van der Waals surface area contributed by atoms with Crippen molar-refractivity contribution in [1.29, 1.82) is 0 Å². The Kier molecular flexibility index (Phi) is 6.78. The first kappa shape index (κ1) is 16.9. The third-order valence-electron chi connectivity index (χ3n) is 4.58. The Bertz CT molecular complexity index is 242. The molecule has 1 saturated carbocycles. The van der Waals surface area contributed by atoms with Crippen LogP contribution in [-0.4, -0.2) is 61.3 Å². The average Bonchev–Trinajstić information content (AvgIpc) is 2.36. The molecule has 0 saturated heterocycles.